The lowest BCUT2D eigenvalue weighted by molar-refractivity contribution is -0.127. The zero-order chi connectivity index (χ0) is 20.1. The van der Waals surface area contributed by atoms with E-state index in [1.165, 1.54) is 5.56 Å². The molecule has 29 heavy (non-hydrogen) atoms. The van der Waals surface area contributed by atoms with Gasteiger partial charge in [0.05, 0.1) is 11.9 Å². The summed E-state index contributed by atoms with van der Waals surface area (Å²) < 4.78 is 1.81. The molecule has 0 atom stereocenters. The normalized spacial score (nSPS) is 15.1. The molecule has 5 nitrogen and oxygen atoms in total. The molecular weight excluding hydrogens is 384 g/mol. The molecule has 1 saturated heterocycles. The summed E-state index contributed by atoms with van der Waals surface area (Å²) in [5.41, 5.74) is 3.14. The maximum Gasteiger partial charge on any atom is 0.246 e. The summed E-state index contributed by atoms with van der Waals surface area (Å²) in [6, 6.07) is 17.9. The lowest BCUT2D eigenvalue weighted by atomic mass is 10.2. The van der Waals surface area contributed by atoms with Gasteiger partial charge in [-0.05, 0) is 35.9 Å². The third-order valence-corrected chi connectivity index (χ3v) is 5.30. The number of rotatable bonds is 5. The number of hydrogen-bond donors (Lipinski definition) is 0. The number of amides is 1. The second-order valence-electron chi connectivity index (χ2n) is 7.12. The van der Waals surface area contributed by atoms with Crippen LogP contribution < -0.4 is 0 Å². The summed E-state index contributed by atoms with van der Waals surface area (Å²) in [4.78, 5) is 16.8. The van der Waals surface area contributed by atoms with Gasteiger partial charge in [0, 0.05) is 55.6 Å². The fourth-order valence-corrected chi connectivity index (χ4v) is 3.52. The van der Waals surface area contributed by atoms with Crippen LogP contribution in [0.1, 0.15) is 11.1 Å². The summed E-state index contributed by atoms with van der Waals surface area (Å²) in [6.07, 6.45) is 7.15. The van der Waals surface area contributed by atoms with E-state index in [4.69, 9.17) is 11.6 Å². The van der Waals surface area contributed by atoms with Crippen molar-refractivity contribution in [3.8, 4) is 5.69 Å². The number of halogens is 1. The fraction of sp³-hybridized carbons (Fsp3) is 0.217. The van der Waals surface area contributed by atoms with Gasteiger partial charge in [0.2, 0.25) is 5.91 Å². The van der Waals surface area contributed by atoms with Gasteiger partial charge in [-0.2, -0.15) is 5.10 Å². The highest BCUT2D eigenvalue weighted by molar-refractivity contribution is 6.30. The molecule has 6 heteroatoms. The summed E-state index contributed by atoms with van der Waals surface area (Å²) in [6.45, 7) is 4.09. The summed E-state index contributed by atoms with van der Waals surface area (Å²) in [7, 11) is 0. The number of benzene rings is 2. The summed E-state index contributed by atoms with van der Waals surface area (Å²) >= 11 is 5.95. The minimum Gasteiger partial charge on any atom is -0.337 e. The molecule has 4 rings (SSSR count). The van der Waals surface area contributed by atoms with E-state index in [2.05, 4.69) is 22.1 Å². The first-order valence-corrected chi connectivity index (χ1v) is 10.1. The third kappa shape index (κ3) is 5.13. The van der Waals surface area contributed by atoms with Crippen molar-refractivity contribution >= 4 is 23.6 Å². The highest BCUT2D eigenvalue weighted by Gasteiger charge is 2.19. The molecule has 3 aromatic rings. The van der Waals surface area contributed by atoms with Crippen LogP contribution in [-0.4, -0.2) is 51.7 Å². The molecule has 0 radical (unpaired) electrons. The molecule has 0 aliphatic carbocycles. The SMILES string of the molecule is O=C(/C=C/c1cnn(-c2ccccc2)c1)N1CCN(Cc2ccc(Cl)cc2)CC1. The van der Waals surface area contributed by atoms with Crippen molar-refractivity contribution in [2.75, 3.05) is 26.2 Å². The lowest BCUT2D eigenvalue weighted by Crippen LogP contribution is -2.47. The molecular formula is C23H23ClN4O. The Labute approximate surface area is 175 Å². The van der Waals surface area contributed by atoms with Crippen molar-refractivity contribution in [3.05, 3.63) is 89.2 Å². The lowest BCUT2D eigenvalue weighted by Gasteiger charge is -2.34. The number of piperazine rings is 1. The maximum absolute atomic E-state index is 12.5. The van der Waals surface area contributed by atoms with Crippen LogP contribution in [0.15, 0.2) is 73.1 Å². The second kappa shape index (κ2) is 9.07. The molecule has 0 N–H and O–H groups in total. The number of nitrogens with zero attached hydrogens (tertiary/aromatic N) is 4. The van der Waals surface area contributed by atoms with E-state index < -0.39 is 0 Å². The van der Waals surface area contributed by atoms with Gasteiger partial charge in [0.1, 0.15) is 0 Å². The molecule has 1 fully saturated rings. The third-order valence-electron chi connectivity index (χ3n) is 5.05. The van der Waals surface area contributed by atoms with E-state index in [0.29, 0.717) is 0 Å². The van der Waals surface area contributed by atoms with Gasteiger partial charge in [-0.3, -0.25) is 9.69 Å². The van der Waals surface area contributed by atoms with E-state index >= 15 is 0 Å². The van der Waals surface area contributed by atoms with Crippen LogP contribution in [0.3, 0.4) is 0 Å². The first-order valence-electron chi connectivity index (χ1n) is 9.71. The average molecular weight is 407 g/mol. The van der Waals surface area contributed by atoms with Crippen molar-refractivity contribution in [2.24, 2.45) is 0 Å². The fourth-order valence-electron chi connectivity index (χ4n) is 3.39. The summed E-state index contributed by atoms with van der Waals surface area (Å²) in [5, 5.41) is 5.11. The number of carbonyl (C=O) groups excluding carboxylic acids is 1. The van der Waals surface area contributed by atoms with Crippen molar-refractivity contribution in [3.63, 3.8) is 0 Å². The van der Waals surface area contributed by atoms with E-state index in [9.17, 15) is 4.79 Å². The van der Waals surface area contributed by atoms with Gasteiger partial charge < -0.3 is 4.90 Å². The van der Waals surface area contributed by atoms with Crippen LogP contribution in [0, 0.1) is 0 Å². The van der Waals surface area contributed by atoms with Crippen molar-refractivity contribution in [1.29, 1.82) is 0 Å². The van der Waals surface area contributed by atoms with Crippen LogP contribution >= 0.6 is 11.6 Å². The monoisotopic (exact) mass is 406 g/mol. The zero-order valence-corrected chi connectivity index (χ0v) is 16.9. The van der Waals surface area contributed by atoms with Crippen molar-refractivity contribution < 1.29 is 4.79 Å². The summed E-state index contributed by atoms with van der Waals surface area (Å²) in [5.74, 6) is 0.0450. The van der Waals surface area contributed by atoms with Crippen LogP contribution in [0.25, 0.3) is 11.8 Å². The molecule has 1 aromatic heterocycles. The van der Waals surface area contributed by atoms with Crippen molar-refractivity contribution in [1.82, 2.24) is 19.6 Å². The average Bonchev–Trinajstić information content (AvgIpc) is 3.24. The largest absolute Gasteiger partial charge is 0.337 e. The Kier molecular flexibility index (Phi) is 6.08. The standard InChI is InChI=1S/C23H23ClN4O/c24-21-9-6-19(7-10-21)17-26-12-14-27(15-13-26)23(29)11-8-20-16-25-28(18-20)22-4-2-1-3-5-22/h1-11,16,18H,12-15,17H2/b11-8+. The predicted octanol–water partition coefficient (Wildman–Crippen LogP) is 3.88. The molecule has 1 amide bonds. The van der Waals surface area contributed by atoms with Crippen LogP contribution in [0.5, 0.6) is 0 Å². The Bertz CT molecular complexity index is 974. The van der Waals surface area contributed by atoms with Gasteiger partial charge in [0.15, 0.2) is 0 Å². The Balaban J connectivity index is 1.28. The molecule has 1 aliphatic heterocycles. The quantitative estimate of drug-likeness (QED) is 0.604. The molecule has 0 spiro atoms. The molecule has 2 heterocycles. The van der Waals surface area contributed by atoms with Crippen molar-refractivity contribution in [2.45, 2.75) is 6.54 Å². The van der Waals surface area contributed by atoms with Gasteiger partial charge in [-0.25, -0.2) is 4.68 Å². The molecule has 148 valence electrons. The van der Waals surface area contributed by atoms with E-state index in [0.717, 1.165) is 49.0 Å². The van der Waals surface area contributed by atoms with Crippen LogP contribution in [-0.2, 0) is 11.3 Å². The minimum atomic E-state index is 0.0450. The Hall–Kier alpha value is -2.89. The minimum absolute atomic E-state index is 0.0450. The van der Waals surface area contributed by atoms with Crippen LogP contribution in [0.2, 0.25) is 5.02 Å². The smallest absolute Gasteiger partial charge is 0.246 e. The molecule has 0 saturated carbocycles. The van der Waals surface area contributed by atoms with Gasteiger partial charge in [-0.1, -0.05) is 41.9 Å². The molecule has 2 aromatic carbocycles. The first-order chi connectivity index (χ1) is 14.2. The highest BCUT2D eigenvalue weighted by Crippen LogP contribution is 2.14. The van der Waals surface area contributed by atoms with E-state index in [-0.39, 0.29) is 5.91 Å². The number of hydrogen-bond acceptors (Lipinski definition) is 3. The van der Waals surface area contributed by atoms with Gasteiger partial charge in [0.25, 0.3) is 0 Å². The Morgan fingerprint density at radius 3 is 2.45 bits per heavy atom. The van der Waals surface area contributed by atoms with Gasteiger partial charge in [-0.15, -0.1) is 0 Å². The van der Waals surface area contributed by atoms with Crippen LogP contribution in [0.4, 0.5) is 0 Å². The van der Waals surface area contributed by atoms with Gasteiger partial charge >= 0.3 is 0 Å². The molecule has 0 unspecified atom stereocenters. The van der Waals surface area contributed by atoms with E-state index in [1.807, 2.05) is 59.6 Å². The topological polar surface area (TPSA) is 41.4 Å². The molecule has 0 bridgehead atoms. The number of aromatic nitrogens is 2. The Morgan fingerprint density at radius 2 is 1.72 bits per heavy atom. The second-order valence-corrected chi connectivity index (χ2v) is 7.55. The maximum atomic E-state index is 12.5. The Morgan fingerprint density at radius 1 is 1.00 bits per heavy atom. The number of carbonyl (C=O) groups is 1. The highest BCUT2D eigenvalue weighted by atomic mass is 35.5. The zero-order valence-electron chi connectivity index (χ0n) is 16.1. The van der Waals surface area contributed by atoms with E-state index in [1.54, 1.807) is 17.0 Å². The first kappa shape index (κ1) is 19.4. The molecule has 1 aliphatic rings. The predicted molar refractivity (Wildman–Crippen MR) is 116 cm³/mol. The number of para-hydroxylation sites is 1.